The Morgan fingerprint density at radius 3 is 2.77 bits per heavy atom. The Morgan fingerprint density at radius 2 is 2.31 bits per heavy atom. The number of aliphatic hydroxyl groups excluding tert-OH is 1. The lowest BCUT2D eigenvalue weighted by Gasteiger charge is -2.00. The highest BCUT2D eigenvalue weighted by Crippen LogP contribution is 2.14. The minimum atomic E-state index is -0.278. The van der Waals surface area contributed by atoms with Gasteiger partial charge in [0.2, 0.25) is 0 Å². The van der Waals surface area contributed by atoms with Crippen LogP contribution in [0.4, 0.5) is 0 Å². The van der Waals surface area contributed by atoms with E-state index in [2.05, 4.69) is 5.32 Å². The van der Waals surface area contributed by atoms with Crippen LogP contribution < -0.4 is 5.32 Å². The van der Waals surface area contributed by atoms with E-state index in [1.807, 2.05) is 13.8 Å². The Labute approximate surface area is 76.6 Å². The molecule has 1 heterocycles. The zero-order valence-corrected chi connectivity index (χ0v) is 7.76. The number of nitrogens with one attached hydrogen (secondary N) is 1. The number of hydrogen-bond donors (Lipinski definition) is 2. The fraction of sp³-hybridized carbons (Fsp3) is 0.444. The van der Waals surface area contributed by atoms with E-state index >= 15 is 0 Å². The molecule has 1 aromatic rings. The van der Waals surface area contributed by atoms with Crippen molar-refractivity contribution in [2.24, 2.45) is 0 Å². The zero-order valence-electron chi connectivity index (χ0n) is 7.76. The molecule has 1 rings (SSSR count). The second-order valence-corrected chi connectivity index (χ2v) is 2.85. The topological polar surface area (TPSA) is 62.5 Å². The highest BCUT2D eigenvalue weighted by atomic mass is 16.3. The molecule has 1 amide bonds. The van der Waals surface area contributed by atoms with Crippen molar-refractivity contribution in [3.05, 3.63) is 23.2 Å². The standard InChI is InChI=1S/C9H13NO3/c1-6-5-13-8(7(6)2)9(12)10-3-4-11/h5,11H,3-4H2,1-2H3,(H,10,12). The summed E-state index contributed by atoms with van der Waals surface area (Å²) in [5.41, 5.74) is 1.80. The van der Waals surface area contributed by atoms with Crippen molar-refractivity contribution < 1.29 is 14.3 Å². The van der Waals surface area contributed by atoms with Gasteiger partial charge >= 0.3 is 0 Å². The lowest BCUT2D eigenvalue weighted by Crippen LogP contribution is -2.26. The van der Waals surface area contributed by atoms with Gasteiger partial charge in [0.25, 0.3) is 5.91 Å². The molecule has 4 nitrogen and oxygen atoms in total. The van der Waals surface area contributed by atoms with Crippen LogP contribution in [0.15, 0.2) is 10.7 Å². The molecule has 0 fully saturated rings. The van der Waals surface area contributed by atoms with Crippen molar-refractivity contribution in [1.29, 1.82) is 0 Å². The molecule has 0 saturated carbocycles. The zero-order chi connectivity index (χ0) is 9.84. The molecular weight excluding hydrogens is 170 g/mol. The Balaban J connectivity index is 2.71. The van der Waals surface area contributed by atoms with E-state index in [0.717, 1.165) is 11.1 Å². The van der Waals surface area contributed by atoms with E-state index in [1.54, 1.807) is 6.26 Å². The quantitative estimate of drug-likeness (QED) is 0.722. The summed E-state index contributed by atoms with van der Waals surface area (Å²) in [5, 5.41) is 11.0. The van der Waals surface area contributed by atoms with Gasteiger partial charge in [-0.2, -0.15) is 0 Å². The highest BCUT2D eigenvalue weighted by molar-refractivity contribution is 5.93. The molecule has 0 aliphatic carbocycles. The molecule has 0 spiro atoms. The number of carbonyl (C=O) groups excluding carboxylic acids is 1. The first-order valence-corrected chi connectivity index (χ1v) is 4.10. The molecule has 0 aliphatic rings. The smallest absolute Gasteiger partial charge is 0.287 e. The summed E-state index contributed by atoms with van der Waals surface area (Å²) < 4.78 is 5.06. The van der Waals surface area contributed by atoms with E-state index in [0.29, 0.717) is 5.76 Å². The number of aryl methyl sites for hydroxylation is 1. The van der Waals surface area contributed by atoms with Crippen LogP contribution in [0.5, 0.6) is 0 Å². The third-order valence-corrected chi connectivity index (χ3v) is 1.89. The molecule has 0 bridgehead atoms. The van der Waals surface area contributed by atoms with E-state index < -0.39 is 0 Å². The lowest BCUT2D eigenvalue weighted by atomic mass is 10.2. The number of hydrogen-bond acceptors (Lipinski definition) is 3. The summed E-state index contributed by atoms with van der Waals surface area (Å²) in [4.78, 5) is 11.3. The summed E-state index contributed by atoms with van der Waals surface area (Å²) in [5.74, 6) is 0.0469. The number of rotatable bonds is 3. The molecule has 4 heteroatoms. The molecule has 0 atom stereocenters. The Kier molecular flexibility index (Phi) is 3.08. The molecule has 0 aromatic carbocycles. The Hall–Kier alpha value is -1.29. The van der Waals surface area contributed by atoms with Crippen molar-refractivity contribution >= 4 is 5.91 Å². The van der Waals surface area contributed by atoms with Crippen molar-refractivity contribution in [3.8, 4) is 0 Å². The summed E-state index contributed by atoms with van der Waals surface area (Å²) in [6.07, 6.45) is 1.54. The van der Waals surface area contributed by atoms with Gasteiger partial charge < -0.3 is 14.8 Å². The van der Waals surface area contributed by atoms with Gasteiger partial charge in [0.05, 0.1) is 12.9 Å². The van der Waals surface area contributed by atoms with Crippen LogP contribution in [-0.4, -0.2) is 24.2 Å². The van der Waals surface area contributed by atoms with Crippen LogP contribution in [0, 0.1) is 13.8 Å². The normalized spacial score (nSPS) is 10.1. The SMILES string of the molecule is Cc1coc(C(=O)NCCO)c1C. The first-order valence-electron chi connectivity index (χ1n) is 4.10. The maximum Gasteiger partial charge on any atom is 0.287 e. The van der Waals surface area contributed by atoms with Crippen molar-refractivity contribution in [1.82, 2.24) is 5.32 Å². The van der Waals surface area contributed by atoms with Crippen LogP contribution in [0.3, 0.4) is 0 Å². The van der Waals surface area contributed by atoms with Gasteiger partial charge in [-0.25, -0.2) is 0 Å². The molecule has 0 saturated heterocycles. The second-order valence-electron chi connectivity index (χ2n) is 2.85. The third-order valence-electron chi connectivity index (χ3n) is 1.89. The average Bonchev–Trinajstić information content (AvgIpc) is 2.44. The van der Waals surface area contributed by atoms with Crippen LogP contribution in [-0.2, 0) is 0 Å². The van der Waals surface area contributed by atoms with Crippen molar-refractivity contribution in [2.45, 2.75) is 13.8 Å². The molecular formula is C9H13NO3. The number of aliphatic hydroxyl groups is 1. The highest BCUT2D eigenvalue weighted by Gasteiger charge is 2.13. The number of furan rings is 1. The predicted octanol–water partition coefficient (Wildman–Crippen LogP) is 0.619. The third kappa shape index (κ3) is 2.09. The Morgan fingerprint density at radius 1 is 1.62 bits per heavy atom. The van der Waals surface area contributed by atoms with Crippen LogP contribution in [0.25, 0.3) is 0 Å². The Bertz CT molecular complexity index is 304. The first kappa shape index (κ1) is 9.80. The van der Waals surface area contributed by atoms with Crippen molar-refractivity contribution in [2.75, 3.05) is 13.2 Å². The van der Waals surface area contributed by atoms with E-state index in [1.165, 1.54) is 0 Å². The molecule has 72 valence electrons. The predicted molar refractivity (Wildman–Crippen MR) is 47.6 cm³/mol. The van der Waals surface area contributed by atoms with E-state index in [4.69, 9.17) is 9.52 Å². The molecule has 2 N–H and O–H groups in total. The maximum atomic E-state index is 11.3. The van der Waals surface area contributed by atoms with Crippen LogP contribution in [0.1, 0.15) is 21.7 Å². The van der Waals surface area contributed by atoms with Crippen molar-refractivity contribution in [3.63, 3.8) is 0 Å². The van der Waals surface area contributed by atoms with Gasteiger partial charge in [0, 0.05) is 12.1 Å². The summed E-state index contributed by atoms with van der Waals surface area (Å²) in [6.45, 7) is 3.89. The van der Waals surface area contributed by atoms with E-state index in [9.17, 15) is 4.79 Å². The molecule has 1 aromatic heterocycles. The fourth-order valence-electron chi connectivity index (χ4n) is 0.977. The summed E-state index contributed by atoms with van der Waals surface area (Å²) in [6, 6.07) is 0. The number of carbonyl (C=O) groups is 1. The largest absolute Gasteiger partial charge is 0.459 e. The average molecular weight is 183 g/mol. The van der Waals surface area contributed by atoms with Gasteiger partial charge in [-0.15, -0.1) is 0 Å². The summed E-state index contributed by atoms with van der Waals surface area (Å²) >= 11 is 0. The first-order chi connectivity index (χ1) is 6.16. The monoisotopic (exact) mass is 183 g/mol. The van der Waals surface area contributed by atoms with Crippen LogP contribution >= 0.6 is 0 Å². The van der Waals surface area contributed by atoms with Gasteiger partial charge in [-0.3, -0.25) is 4.79 Å². The summed E-state index contributed by atoms with van der Waals surface area (Å²) in [7, 11) is 0. The molecule has 0 aliphatic heterocycles. The minimum absolute atomic E-state index is 0.0650. The number of amides is 1. The van der Waals surface area contributed by atoms with E-state index in [-0.39, 0.29) is 19.1 Å². The molecule has 0 unspecified atom stereocenters. The lowest BCUT2D eigenvalue weighted by molar-refractivity contribution is 0.0916. The van der Waals surface area contributed by atoms with Gasteiger partial charge in [0.1, 0.15) is 0 Å². The van der Waals surface area contributed by atoms with Crippen LogP contribution in [0.2, 0.25) is 0 Å². The molecule has 13 heavy (non-hydrogen) atoms. The van der Waals surface area contributed by atoms with Gasteiger partial charge in [-0.05, 0) is 19.4 Å². The second kappa shape index (κ2) is 4.09. The molecule has 0 radical (unpaired) electrons. The fourth-order valence-corrected chi connectivity index (χ4v) is 0.977. The van der Waals surface area contributed by atoms with Gasteiger partial charge in [0.15, 0.2) is 5.76 Å². The minimum Gasteiger partial charge on any atom is -0.459 e. The maximum absolute atomic E-state index is 11.3. The van der Waals surface area contributed by atoms with Gasteiger partial charge in [-0.1, -0.05) is 0 Å².